The van der Waals surface area contributed by atoms with Crippen molar-refractivity contribution in [1.29, 1.82) is 0 Å². The summed E-state index contributed by atoms with van der Waals surface area (Å²) in [6.07, 6.45) is 52.7. The Kier molecular flexibility index (Phi) is 35.5. The minimum atomic E-state index is -0.877. The van der Waals surface area contributed by atoms with E-state index in [-0.39, 0.29) is 12.5 Å². The molecule has 1 amide bonds. The van der Waals surface area contributed by atoms with Gasteiger partial charge in [-0.2, -0.15) is 0 Å². The molecule has 46 heavy (non-hydrogen) atoms. The van der Waals surface area contributed by atoms with Crippen LogP contribution in [0.2, 0.25) is 0 Å². The highest BCUT2D eigenvalue weighted by atomic mass is 16.3. The molecule has 3 N–H and O–H groups in total. The van der Waals surface area contributed by atoms with Gasteiger partial charge in [-0.3, -0.25) is 4.79 Å². The molecule has 2 atom stereocenters. The summed E-state index contributed by atoms with van der Waals surface area (Å²) in [6.45, 7) is 4.22. The van der Waals surface area contributed by atoms with Crippen molar-refractivity contribution >= 4 is 5.91 Å². The maximum absolute atomic E-state index is 12.3. The molecule has 0 saturated carbocycles. The van der Waals surface area contributed by atoms with Gasteiger partial charge < -0.3 is 15.5 Å². The van der Waals surface area contributed by atoms with E-state index in [9.17, 15) is 15.0 Å². The summed E-state index contributed by atoms with van der Waals surface area (Å²) in [5.74, 6) is -0.0952. The summed E-state index contributed by atoms with van der Waals surface area (Å²) < 4.78 is 0. The maximum Gasteiger partial charge on any atom is 0.220 e. The van der Waals surface area contributed by atoms with E-state index in [1.165, 1.54) is 83.5 Å². The van der Waals surface area contributed by atoms with Crippen molar-refractivity contribution in [1.82, 2.24) is 5.32 Å². The molecule has 0 aromatic carbocycles. The summed E-state index contributed by atoms with van der Waals surface area (Å²) >= 11 is 0. The topological polar surface area (TPSA) is 69.6 Å². The van der Waals surface area contributed by atoms with E-state index in [1.54, 1.807) is 6.08 Å². The molecule has 4 nitrogen and oxygen atoms in total. The molecule has 0 radical (unpaired) electrons. The van der Waals surface area contributed by atoms with Crippen LogP contribution in [0.3, 0.4) is 0 Å². The predicted molar refractivity (Wildman–Crippen MR) is 202 cm³/mol. The van der Waals surface area contributed by atoms with Crippen LogP contribution in [0.5, 0.6) is 0 Å². The lowest BCUT2D eigenvalue weighted by atomic mass is 10.1. The van der Waals surface area contributed by atoms with E-state index >= 15 is 0 Å². The highest BCUT2D eigenvalue weighted by Crippen LogP contribution is 2.10. The van der Waals surface area contributed by atoms with Crippen molar-refractivity contribution in [3.63, 3.8) is 0 Å². The second kappa shape index (κ2) is 37.3. The minimum absolute atomic E-state index is 0.0952. The van der Waals surface area contributed by atoms with E-state index in [0.29, 0.717) is 6.42 Å². The molecule has 0 spiro atoms. The van der Waals surface area contributed by atoms with E-state index < -0.39 is 12.1 Å². The van der Waals surface area contributed by atoms with E-state index in [1.807, 2.05) is 6.08 Å². The highest BCUT2D eigenvalue weighted by molar-refractivity contribution is 5.76. The molecular formula is C42H73NO3. The Balaban J connectivity index is 3.75. The van der Waals surface area contributed by atoms with Gasteiger partial charge in [0, 0.05) is 6.42 Å². The number of aliphatic hydroxyl groups excluding tert-OH is 2. The lowest BCUT2D eigenvalue weighted by molar-refractivity contribution is -0.123. The van der Waals surface area contributed by atoms with Crippen LogP contribution in [0.1, 0.15) is 168 Å². The molecule has 0 bridgehead atoms. The van der Waals surface area contributed by atoms with Crippen LogP contribution in [-0.4, -0.2) is 34.9 Å². The molecule has 0 aromatic heterocycles. The average molecular weight is 640 g/mol. The zero-order chi connectivity index (χ0) is 33.6. The SMILES string of the molecule is CCCCC/C=C\C/C=C\C/C=C\CCCCCCCCC(=O)NC(CO)C(O)/C=C/CC/C=C/CC/C=C/CCCCCCC. The molecule has 0 aliphatic heterocycles. The van der Waals surface area contributed by atoms with E-state index in [4.69, 9.17) is 0 Å². The monoisotopic (exact) mass is 640 g/mol. The zero-order valence-electron chi connectivity index (χ0n) is 30.1. The first-order valence-corrected chi connectivity index (χ1v) is 19.2. The lowest BCUT2D eigenvalue weighted by Gasteiger charge is -2.19. The quantitative estimate of drug-likeness (QED) is 0.0494. The van der Waals surface area contributed by atoms with Crippen molar-refractivity contribution in [3.05, 3.63) is 72.9 Å². The van der Waals surface area contributed by atoms with Crippen molar-refractivity contribution in [2.75, 3.05) is 6.61 Å². The van der Waals surface area contributed by atoms with E-state index in [0.717, 1.165) is 64.2 Å². The van der Waals surface area contributed by atoms with Crippen molar-refractivity contribution in [3.8, 4) is 0 Å². The molecule has 0 fully saturated rings. The van der Waals surface area contributed by atoms with Crippen LogP contribution in [0, 0.1) is 0 Å². The molecule has 0 rings (SSSR count). The fourth-order valence-electron chi connectivity index (χ4n) is 5.15. The first kappa shape index (κ1) is 43.8. The number of carbonyl (C=O) groups is 1. The second-order valence-electron chi connectivity index (χ2n) is 12.6. The Morgan fingerprint density at radius 3 is 1.46 bits per heavy atom. The standard InChI is InChI=1S/C42H73NO3/c1-3-5-7-9-11-13-15-17-19-20-21-22-24-26-28-30-32-34-36-38-42(46)43-40(39-44)41(45)37-35-33-31-29-27-25-23-18-16-14-12-10-8-6-4-2/h11,13,16-19,21-22,27,29,35,37,40-41,44-45H,3-10,12,14-15,20,23-26,28,30-34,36,38-39H2,1-2H3,(H,43,46)/b13-11-,18-16+,19-17-,22-21-,29-27+,37-35+. The number of allylic oxidation sites excluding steroid dienone is 11. The van der Waals surface area contributed by atoms with Crippen molar-refractivity contribution < 1.29 is 15.0 Å². The molecule has 2 unspecified atom stereocenters. The number of hydrogen-bond acceptors (Lipinski definition) is 3. The average Bonchev–Trinajstić information content (AvgIpc) is 3.06. The first-order chi connectivity index (χ1) is 22.7. The fraction of sp³-hybridized carbons (Fsp3) is 0.690. The van der Waals surface area contributed by atoms with Crippen molar-refractivity contribution in [2.45, 2.75) is 180 Å². The van der Waals surface area contributed by atoms with Gasteiger partial charge in [-0.15, -0.1) is 0 Å². The summed E-state index contributed by atoms with van der Waals surface area (Å²) in [5.41, 5.74) is 0. The third kappa shape index (κ3) is 33.2. The van der Waals surface area contributed by atoms with Gasteiger partial charge in [-0.05, 0) is 83.5 Å². The van der Waals surface area contributed by atoms with Crippen LogP contribution in [-0.2, 0) is 4.79 Å². The Morgan fingerprint density at radius 1 is 0.522 bits per heavy atom. The molecule has 264 valence electrons. The molecular weight excluding hydrogens is 566 g/mol. The number of aliphatic hydroxyl groups is 2. The Labute approximate surface area is 285 Å². The Bertz CT molecular complexity index is 823. The number of carbonyl (C=O) groups excluding carboxylic acids is 1. The van der Waals surface area contributed by atoms with Gasteiger partial charge in [0.15, 0.2) is 0 Å². The predicted octanol–water partition coefficient (Wildman–Crippen LogP) is 11.6. The largest absolute Gasteiger partial charge is 0.394 e. The number of rotatable bonds is 33. The normalized spacial score (nSPS) is 13.9. The molecule has 0 aliphatic rings. The first-order valence-electron chi connectivity index (χ1n) is 19.2. The summed E-state index contributed by atoms with van der Waals surface area (Å²) in [4.78, 5) is 12.3. The summed E-state index contributed by atoms with van der Waals surface area (Å²) in [6, 6.07) is -0.654. The number of unbranched alkanes of at least 4 members (excludes halogenated alkanes) is 16. The third-order valence-corrected chi connectivity index (χ3v) is 8.14. The Hall–Kier alpha value is -2.17. The smallest absolute Gasteiger partial charge is 0.220 e. The third-order valence-electron chi connectivity index (χ3n) is 8.14. The van der Waals surface area contributed by atoms with Crippen LogP contribution < -0.4 is 5.32 Å². The van der Waals surface area contributed by atoms with Gasteiger partial charge in [-0.25, -0.2) is 0 Å². The highest BCUT2D eigenvalue weighted by Gasteiger charge is 2.17. The van der Waals surface area contributed by atoms with Gasteiger partial charge in [0.25, 0.3) is 0 Å². The number of amides is 1. The van der Waals surface area contributed by atoms with Crippen LogP contribution in [0.25, 0.3) is 0 Å². The Morgan fingerprint density at radius 2 is 0.913 bits per heavy atom. The van der Waals surface area contributed by atoms with Crippen LogP contribution in [0.4, 0.5) is 0 Å². The van der Waals surface area contributed by atoms with Gasteiger partial charge in [0.05, 0.1) is 18.8 Å². The van der Waals surface area contributed by atoms with Gasteiger partial charge in [0.1, 0.15) is 0 Å². The number of nitrogens with one attached hydrogen (secondary N) is 1. The molecule has 0 heterocycles. The number of hydrogen-bond donors (Lipinski definition) is 3. The second-order valence-corrected chi connectivity index (χ2v) is 12.6. The van der Waals surface area contributed by atoms with E-state index in [2.05, 4.69) is 79.9 Å². The van der Waals surface area contributed by atoms with Crippen LogP contribution >= 0.6 is 0 Å². The zero-order valence-corrected chi connectivity index (χ0v) is 30.1. The van der Waals surface area contributed by atoms with Gasteiger partial charge in [0.2, 0.25) is 5.91 Å². The molecule has 0 saturated heterocycles. The fourth-order valence-corrected chi connectivity index (χ4v) is 5.15. The summed E-state index contributed by atoms with van der Waals surface area (Å²) in [5, 5.41) is 22.9. The van der Waals surface area contributed by atoms with Crippen molar-refractivity contribution in [2.24, 2.45) is 0 Å². The minimum Gasteiger partial charge on any atom is -0.394 e. The molecule has 0 aromatic rings. The lowest BCUT2D eigenvalue weighted by Crippen LogP contribution is -2.45. The van der Waals surface area contributed by atoms with Crippen LogP contribution in [0.15, 0.2) is 72.9 Å². The van der Waals surface area contributed by atoms with Gasteiger partial charge >= 0.3 is 0 Å². The molecule has 0 aliphatic carbocycles. The summed E-state index contributed by atoms with van der Waals surface area (Å²) in [7, 11) is 0. The maximum atomic E-state index is 12.3. The van der Waals surface area contributed by atoms with Gasteiger partial charge in [-0.1, -0.05) is 151 Å². The molecule has 4 heteroatoms.